The van der Waals surface area contributed by atoms with E-state index in [-0.39, 0.29) is 5.41 Å². The lowest BCUT2D eigenvalue weighted by Crippen LogP contribution is -2.14. The summed E-state index contributed by atoms with van der Waals surface area (Å²) in [6.07, 6.45) is 3.67. The Labute approximate surface area is 833 Å². The Morgan fingerprint density at radius 3 is 1.01 bits per heavy atom. The summed E-state index contributed by atoms with van der Waals surface area (Å²) in [4.78, 5) is 35.4. The van der Waals surface area contributed by atoms with E-state index < -0.39 is 0 Å². The van der Waals surface area contributed by atoms with Gasteiger partial charge in [0.2, 0.25) is 0 Å². The van der Waals surface area contributed by atoms with Gasteiger partial charge in [-0.3, -0.25) is 4.98 Å². The monoisotopic (exact) mass is 1860 g/mol. The van der Waals surface area contributed by atoms with Crippen molar-refractivity contribution in [2.24, 2.45) is 0 Å². The molecule has 0 N–H and O–H groups in total. The Bertz CT molecular complexity index is 9830. The second kappa shape index (κ2) is 35.2. The third kappa shape index (κ3) is 15.2. The van der Waals surface area contributed by atoms with Crippen LogP contribution in [0, 0.1) is 0 Å². The van der Waals surface area contributed by atoms with Crippen LogP contribution in [0.4, 0.5) is 0 Å². The summed E-state index contributed by atoms with van der Waals surface area (Å²) >= 11 is 0. The Hall–Kier alpha value is -19.4. The molecular weight excluding hydrogens is 1770 g/mol. The van der Waals surface area contributed by atoms with Crippen LogP contribution in [0.5, 0.6) is 0 Å². The zero-order valence-electron chi connectivity index (χ0n) is 78.9. The number of hydrogen-bond donors (Lipinski definition) is 0. The molecular formula is C132H86N10O3. The number of hydrogen-bond acceptors (Lipinski definition) is 10. The third-order valence-corrected chi connectivity index (χ3v) is 28.4. The van der Waals surface area contributed by atoms with Crippen LogP contribution in [0.2, 0.25) is 0 Å². The predicted octanol–water partition coefficient (Wildman–Crippen LogP) is 34.2. The largest absolute Gasteiger partial charge is 0.454 e. The summed E-state index contributed by atoms with van der Waals surface area (Å²) in [6, 6.07) is 165. The van der Waals surface area contributed by atoms with Crippen LogP contribution >= 0.6 is 0 Å². The Morgan fingerprint density at radius 2 is 0.545 bits per heavy atom. The fourth-order valence-electron chi connectivity index (χ4n) is 21.3. The molecule has 29 rings (SSSR count). The smallest absolute Gasteiger partial charge is 0.160 e. The van der Waals surface area contributed by atoms with E-state index in [0.717, 1.165) is 184 Å². The van der Waals surface area contributed by atoms with E-state index in [2.05, 4.69) is 415 Å². The van der Waals surface area contributed by atoms with Crippen LogP contribution in [0.1, 0.15) is 25.0 Å². The van der Waals surface area contributed by atoms with E-state index >= 15 is 0 Å². The summed E-state index contributed by atoms with van der Waals surface area (Å²) in [5.41, 5.74) is 33.1. The highest BCUT2D eigenvalue weighted by molar-refractivity contribution is 6.13. The second-order valence-electron chi connectivity index (χ2n) is 37.5. The first-order valence-corrected chi connectivity index (χ1v) is 48.8. The molecule has 682 valence electrons. The lowest BCUT2D eigenvalue weighted by atomic mass is 9.82. The average Bonchev–Trinajstić information content (AvgIpc) is 1.57. The van der Waals surface area contributed by atoms with Crippen molar-refractivity contribution in [3.8, 4) is 153 Å². The van der Waals surface area contributed by atoms with Crippen molar-refractivity contribution >= 4 is 109 Å². The van der Waals surface area contributed by atoms with E-state index in [9.17, 15) is 0 Å². The average molecular weight is 1860 g/mol. The molecule has 0 spiro atoms. The van der Waals surface area contributed by atoms with Crippen LogP contribution in [0.25, 0.3) is 262 Å². The first-order chi connectivity index (χ1) is 71.6. The maximum Gasteiger partial charge on any atom is 0.160 e. The van der Waals surface area contributed by atoms with Gasteiger partial charge in [0.25, 0.3) is 0 Å². The van der Waals surface area contributed by atoms with Crippen molar-refractivity contribution in [3.63, 3.8) is 0 Å². The lowest BCUT2D eigenvalue weighted by Gasteiger charge is -2.21. The number of nitrogens with zero attached hydrogens (tertiary/aromatic N) is 10. The first-order valence-electron chi connectivity index (χ1n) is 48.8. The quantitative estimate of drug-likeness (QED) is 0.103. The molecule has 10 aromatic heterocycles. The molecule has 0 aliphatic heterocycles. The second-order valence-corrected chi connectivity index (χ2v) is 37.5. The molecule has 0 saturated heterocycles. The SMILES string of the molecule is CC1(C)c2ccccc2-c2c(-c3cc(-c4cc5ccccc5o4)nc(-c4ccc5c(c4)c4ccccc4n5-c4ccccc4)n3)cccc21.c1ccc(-c2ccc3cc(-c4cc(-c5cc6ccccc6o5)nc(-c5ccc6c(c5)c5ccccc5n6-c5ccccc5)n4)ccc3c2)cc1.c1ccc(-n2c3ccccc3c3cc(-c4nc(-c5ccc(-c6cccnc6)cc5)cc(-c5cc6ccccc6o5)n4)ccc32)cc1. The standard InChI is InChI=1S/C46H29N3O.C45H31N3O.C41H26N4O/c1-3-11-30(12-4-1)31-19-20-33-26-34(22-21-32(33)25-31)40-29-41(45-28-35-13-7-10-18-44(35)50-45)48-46(47-40)36-23-24-43-39(27-36)38-16-8-9-17-42(38)49(43)37-14-5-2-6-15-37;1-45(2)35-19-9-7-17-32(35)43-33(18-12-20-36(43)45)37-27-38(42-26-28-13-6-11-22-41(28)49-42)47-44(46-37)29-23-24-40-34(25-29)31-16-8-10-21-39(31)48(40)30-14-4-3-5-15-30;1-2-11-32(12-3-1)45-37-14-6-5-13-33(37)34-23-30(20-21-38(34)45)41-43-35(28-18-16-27(17-19-28)31-10-8-22-42-26-31)25-36(44-41)40-24-29-9-4-7-15-39(29)46-40/h1-29H;3-27H,1-2H3;1-26H. The van der Waals surface area contributed by atoms with Gasteiger partial charge in [-0.05, 0) is 237 Å². The van der Waals surface area contributed by atoms with Gasteiger partial charge in [0, 0.05) is 117 Å². The molecule has 13 heteroatoms. The first kappa shape index (κ1) is 84.9. The number of pyridine rings is 1. The zero-order chi connectivity index (χ0) is 96.2. The van der Waals surface area contributed by atoms with Crippen LogP contribution in [0.15, 0.2) is 499 Å². The molecule has 0 bridgehead atoms. The van der Waals surface area contributed by atoms with Gasteiger partial charge in [-0.25, -0.2) is 29.9 Å². The number of para-hydroxylation sites is 9. The van der Waals surface area contributed by atoms with E-state index in [1.54, 1.807) is 6.20 Å². The lowest BCUT2D eigenvalue weighted by molar-refractivity contribution is 0.628. The highest BCUT2D eigenvalue weighted by atomic mass is 16.3. The fourth-order valence-corrected chi connectivity index (χ4v) is 21.3. The van der Waals surface area contributed by atoms with Crippen molar-refractivity contribution in [2.45, 2.75) is 19.3 Å². The van der Waals surface area contributed by atoms with Gasteiger partial charge in [-0.1, -0.05) is 305 Å². The molecule has 0 fully saturated rings. The molecule has 1 aliphatic rings. The zero-order valence-corrected chi connectivity index (χ0v) is 78.9. The third-order valence-electron chi connectivity index (χ3n) is 28.4. The molecule has 0 amide bonds. The molecule has 0 unspecified atom stereocenters. The molecule has 0 saturated carbocycles. The molecule has 1 aliphatic carbocycles. The van der Waals surface area contributed by atoms with Crippen molar-refractivity contribution in [3.05, 3.63) is 497 Å². The van der Waals surface area contributed by atoms with Gasteiger partial charge in [0.15, 0.2) is 34.8 Å². The number of benzene rings is 18. The van der Waals surface area contributed by atoms with Crippen LogP contribution < -0.4 is 0 Å². The van der Waals surface area contributed by atoms with Crippen molar-refractivity contribution in [1.82, 2.24) is 48.6 Å². The van der Waals surface area contributed by atoms with E-state index in [1.165, 1.54) is 60.4 Å². The number of aromatic nitrogens is 10. The fraction of sp³-hybridized carbons (Fsp3) is 0.0227. The van der Waals surface area contributed by atoms with Gasteiger partial charge in [0.05, 0.1) is 50.2 Å². The number of furan rings is 3. The van der Waals surface area contributed by atoms with Crippen molar-refractivity contribution in [1.29, 1.82) is 0 Å². The van der Waals surface area contributed by atoms with Gasteiger partial charge >= 0.3 is 0 Å². The number of rotatable bonds is 14. The topological polar surface area (TPSA) is 144 Å². The van der Waals surface area contributed by atoms with Crippen molar-refractivity contribution < 1.29 is 13.3 Å². The van der Waals surface area contributed by atoms with Crippen LogP contribution in [-0.4, -0.2) is 48.6 Å². The maximum atomic E-state index is 6.40. The summed E-state index contributed by atoms with van der Waals surface area (Å²) in [6.45, 7) is 4.63. The maximum absolute atomic E-state index is 6.40. The Kier molecular flexibility index (Phi) is 20.6. The van der Waals surface area contributed by atoms with Gasteiger partial charge in [-0.15, -0.1) is 0 Å². The number of fused-ring (bicyclic) bond motifs is 16. The highest BCUT2D eigenvalue weighted by Crippen LogP contribution is 2.53. The Balaban J connectivity index is 0.000000108. The Morgan fingerprint density at radius 1 is 0.207 bits per heavy atom. The summed E-state index contributed by atoms with van der Waals surface area (Å²) in [5.74, 6) is 4.10. The minimum absolute atomic E-state index is 0.114. The molecule has 145 heavy (non-hydrogen) atoms. The normalized spacial score (nSPS) is 12.1. The highest BCUT2D eigenvalue weighted by Gasteiger charge is 2.37. The molecule has 0 atom stereocenters. The molecule has 18 aromatic carbocycles. The van der Waals surface area contributed by atoms with Crippen LogP contribution in [0.3, 0.4) is 0 Å². The summed E-state index contributed by atoms with van der Waals surface area (Å²) in [5, 5.41) is 12.5. The summed E-state index contributed by atoms with van der Waals surface area (Å²) in [7, 11) is 0. The molecule has 28 aromatic rings. The summed E-state index contributed by atoms with van der Waals surface area (Å²) < 4.78 is 26.0. The molecule has 13 nitrogen and oxygen atoms in total. The van der Waals surface area contributed by atoms with Gasteiger partial charge in [-0.2, -0.15) is 0 Å². The van der Waals surface area contributed by atoms with Gasteiger partial charge in [0.1, 0.15) is 33.8 Å². The van der Waals surface area contributed by atoms with E-state index in [4.69, 9.17) is 43.2 Å². The van der Waals surface area contributed by atoms with E-state index in [1.807, 2.05) is 97.2 Å². The van der Waals surface area contributed by atoms with Gasteiger partial charge < -0.3 is 27.0 Å². The van der Waals surface area contributed by atoms with E-state index in [0.29, 0.717) is 29.0 Å². The van der Waals surface area contributed by atoms with Crippen molar-refractivity contribution in [2.75, 3.05) is 0 Å². The van der Waals surface area contributed by atoms with Crippen LogP contribution in [-0.2, 0) is 5.41 Å². The molecule has 0 radical (unpaired) electrons. The molecule has 10 heterocycles. The minimum atomic E-state index is -0.114. The predicted molar refractivity (Wildman–Crippen MR) is 591 cm³/mol. The minimum Gasteiger partial charge on any atom is -0.454 e.